The summed E-state index contributed by atoms with van der Waals surface area (Å²) in [4.78, 5) is 15.7. The second-order valence-corrected chi connectivity index (χ2v) is 4.47. The number of hydrazine groups is 1. The molecule has 5 N–H and O–H groups in total. The molecule has 0 unspecified atom stereocenters. The van der Waals surface area contributed by atoms with Gasteiger partial charge >= 0.3 is 12.4 Å². The molecule has 0 spiro atoms. The van der Waals surface area contributed by atoms with Crippen LogP contribution in [0.15, 0.2) is 6.33 Å². The van der Waals surface area contributed by atoms with Crippen molar-refractivity contribution in [3.63, 3.8) is 0 Å². The molecule has 1 aromatic rings. The van der Waals surface area contributed by atoms with Crippen LogP contribution in [0.4, 0.5) is 23.8 Å². The van der Waals surface area contributed by atoms with Gasteiger partial charge in [-0.05, 0) is 6.26 Å². The molecule has 0 aromatic carbocycles. The standard InChI is InChI=1S/C9H13F3N6O2S/c1-21-7(14)5-6(13)17(4-16-5)8(19)18(15)2-3-20-9(10,11)12/h4,14H,2-3,13,15H2,1H3. The Kier molecular flexibility index (Phi) is 5.57. The summed E-state index contributed by atoms with van der Waals surface area (Å²) in [6.07, 6.45) is -2.12. The predicted molar refractivity (Wildman–Crippen MR) is 70.7 cm³/mol. The van der Waals surface area contributed by atoms with Gasteiger partial charge in [-0.15, -0.1) is 24.9 Å². The Balaban J connectivity index is 2.71. The first-order valence-electron chi connectivity index (χ1n) is 5.40. The van der Waals surface area contributed by atoms with Gasteiger partial charge in [0, 0.05) is 0 Å². The van der Waals surface area contributed by atoms with Crippen molar-refractivity contribution in [1.82, 2.24) is 14.6 Å². The molecule has 0 atom stereocenters. The smallest absolute Gasteiger partial charge is 0.383 e. The topological polar surface area (TPSA) is 123 Å². The van der Waals surface area contributed by atoms with Gasteiger partial charge in [0.25, 0.3) is 0 Å². The molecular weight excluding hydrogens is 313 g/mol. The number of nitrogens with two attached hydrogens (primary N) is 2. The number of carbonyl (C=O) groups is 1. The summed E-state index contributed by atoms with van der Waals surface area (Å²) in [6, 6.07) is -0.883. The Morgan fingerprint density at radius 3 is 2.76 bits per heavy atom. The van der Waals surface area contributed by atoms with Gasteiger partial charge in [0.15, 0.2) is 0 Å². The Morgan fingerprint density at radius 1 is 1.62 bits per heavy atom. The van der Waals surface area contributed by atoms with E-state index < -0.39 is 25.5 Å². The highest BCUT2D eigenvalue weighted by Gasteiger charge is 2.29. The molecule has 0 aliphatic heterocycles. The number of anilines is 1. The number of alkyl halides is 3. The van der Waals surface area contributed by atoms with E-state index in [-0.39, 0.29) is 16.6 Å². The van der Waals surface area contributed by atoms with E-state index in [0.29, 0.717) is 5.01 Å². The first-order chi connectivity index (χ1) is 9.67. The van der Waals surface area contributed by atoms with Crippen molar-refractivity contribution in [2.75, 3.05) is 25.1 Å². The van der Waals surface area contributed by atoms with Crippen molar-refractivity contribution in [2.24, 2.45) is 5.84 Å². The molecule has 0 radical (unpaired) electrons. The molecule has 8 nitrogen and oxygen atoms in total. The van der Waals surface area contributed by atoms with Gasteiger partial charge < -0.3 is 5.73 Å². The Bertz CT molecular complexity index is 532. The molecule has 1 heterocycles. The van der Waals surface area contributed by atoms with Crippen molar-refractivity contribution in [2.45, 2.75) is 6.36 Å². The summed E-state index contributed by atoms with van der Waals surface area (Å²) < 4.78 is 39.7. The highest BCUT2D eigenvalue weighted by atomic mass is 32.2. The Hall–Kier alpha value is -1.79. The number of halogens is 3. The number of nitrogens with zero attached hydrogens (tertiary/aromatic N) is 3. The van der Waals surface area contributed by atoms with E-state index in [1.165, 1.54) is 0 Å². The number of thioether (sulfide) groups is 1. The van der Waals surface area contributed by atoms with Gasteiger partial charge in [0.1, 0.15) is 22.9 Å². The van der Waals surface area contributed by atoms with Crippen molar-refractivity contribution in [3.8, 4) is 0 Å². The van der Waals surface area contributed by atoms with E-state index >= 15 is 0 Å². The molecular formula is C9H13F3N6O2S. The van der Waals surface area contributed by atoms with Crippen molar-refractivity contribution in [3.05, 3.63) is 12.0 Å². The normalized spacial score (nSPS) is 11.5. The zero-order valence-corrected chi connectivity index (χ0v) is 11.7. The third kappa shape index (κ3) is 4.61. The first-order valence-corrected chi connectivity index (χ1v) is 6.62. The predicted octanol–water partition coefficient (Wildman–Crippen LogP) is 0.834. The Morgan fingerprint density at radius 2 is 2.24 bits per heavy atom. The molecule has 0 saturated carbocycles. The number of nitrogen functional groups attached to an aromatic ring is 1. The number of carbonyl (C=O) groups excluding carboxylic acids is 1. The van der Waals surface area contributed by atoms with Crippen LogP contribution in [0.3, 0.4) is 0 Å². The zero-order chi connectivity index (χ0) is 16.2. The van der Waals surface area contributed by atoms with Gasteiger partial charge in [-0.2, -0.15) is 0 Å². The minimum Gasteiger partial charge on any atom is -0.383 e. The lowest BCUT2D eigenvalue weighted by Crippen LogP contribution is -2.43. The van der Waals surface area contributed by atoms with Crippen molar-refractivity contribution >= 4 is 28.7 Å². The Labute approximate surface area is 121 Å². The van der Waals surface area contributed by atoms with E-state index in [1.54, 1.807) is 6.26 Å². The third-order valence-electron chi connectivity index (χ3n) is 2.27. The number of hydrogen-bond donors (Lipinski definition) is 3. The summed E-state index contributed by atoms with van der Waals surface area (Å²) >= 11 is 1.07. The number of rotatable bonds is 4. The lowest BCUT2D eigenvalue weighted by molar-refractivity contribution is -0.324. The molecule has 0 fully saturated rings. The number of amides is 1. The summed E-state index contributed by atoms with van der Waals surface area (Å²) in [5.74, 6) is 5.22. The van der Waals surface area contributed by atoms with E-state index in [1.807, 2.05) is 0 Å². The van der Waals surface area contributed by atoms with E-state index in [9.17, 15) is 18.0 Å². The van der Waals surface area contributed by atoms with Gasteiger partial charge in [0.05, 0.1) is 13.2 Å². The lowest BCUT2D eigenvalue weighted by Gasteiger charge is -2.17. The summed E-state index contributed by atoms with van der Waals surface area (Å²) in [5, 5.41) is 8.12. The van der Waals surface area contributed by atoms with Crippen molar-refractivity contribution < 1.29 is 22.7 Å². The van der Waals surface area contributed by atoms with Gasteiger partial charge in [0.2, 0.25) is 0 Å². The first kappa shape index (κ1) is 17.3. The van der Waals surface area contributed by atoms with Crippen LogP contribution in [0, 0.1) is 5.41 Å². The second-order valence-electron chi connectivity index (χ2n) is 3.65. The molecule has 0 aliphatic carbocycles. The summed E-state index contributed by atoms with van der Waals surface area (Å²) in [5.41, 5.74) is 5.74. The highest BCUT2D eigenvalue weighted by Crippen LogP contribution is 2.17. The number of ether oxygens (including phenoxy) is 1. The van der Waals surface area contributed by atoms with Crippen LogP contribution >= 0.6 is 11.8 Å². The zero-order valence-electron chi connectivity index (χ0n) is 10.8. The molecule has 0 bridgehead atoms. The third-order valence-corrected chi connectivity index (χ3v) is 2.87. The minimum atomic E-state index is -4.79. The SMILES string of the molecule is CSC(=N)c1ncn(C(=O)N(N)CCOC(F)(F)F)c1N. The summed E-state index contributed by atoms with van der Waals surface area (Å²) in [6.45, 7) is -1.31. The van der Waals surface area contributed by atoms with Crippen LogP contribution in [0.5, 0.6) is 0 Å². The average Bonchev–Trinajstić information content (AvgIpc) is 2.77. The fourth-order valence-electron chi connectivity index (χ4n) is 1.28. The maximum Gasteiger partial charge on any atom is 0.522 e. The van der Waals surface area contributed by atoms with Crippen LogP contribution in [0.25, 0.3) is 0 Å². The number of aromatic nitrogens is 2. The quantitative estimate of drug-likeness (QED) is 0.248. The minimum absolute atomic E-state index is 0.0445. The fourth-order valence-corrected chi connectivity index (χ4v) is 1.63. The van der Waals surface area contributed by atoms with Crippen LogP contribution in [0.2, 0.25) is 0 Å². The second kappa shape index (κ2) is 6.78. The molecule has 1 aromatic heterocycles. The molecule has 118 valence electrons. The average molecular weight is 326 g/mol. The maximum absolute atomic E-state index is 11.9. The van der Waals surface area contributed by atoms with Crippen LogP contribution < -0.4 is 11.6 Å². The van der Waals surface area contributed by atoms with E-state index in [2.05, 4.69) is 9.72 Å². The van der Waals surface area contributed by atoms with E-state index in [0.717, 1.165) is 22.7 Å². The molecule has 12 heteroatoms. The van der Waals surface area contributed by atoms with Crippen molar-refractivity contribution in [1.29, 1.82) is 5.41 Å². The molecule has 0 aliphatic rings. The molecule has 1 amide bonds. The van der Waals surface area contributed by atoms with E-state index in [4.69, 9.17) is 17.0 Å². The highest BCUT2D eigenvalue weighted by molar-refractivity contribution is 8.13. The van der Waals surface area contributed by atoms with Gasteiger partial charge in [-0.3, -0.25) is 15.2 Å². The largest absolute Gasteiger partial charge is 0.522 e. The maximum atomic E-state index is 11.9. The number of nitrogens with one attached hydrogen (secondary N) is 1. The van der Waals surface area contributed by atoms with Crippen LogP contribution in [-0.4, -0.2) is 51.4 Å². The van der Waals surface area contributed by atoms with Crippen LogP contribution in [0.1, 0.15) is 5.69 Å². The summed E-state index contributed by atoms with van der Waals surface area (Å²) in [7, 11) is 0. The molecule has 21 heavy (non-hydrogen) atoms. The monoisotopic (exact) mass is 326 g/mol. The molecule has 1 rings (SSSR count). The van der Waals surface area contributed by atoms with Gasteiger partial charge in [-0.25, -0.2) is 20.2 Å². The lowest BCUT2D eigenvalue weighted by atomic mass is 10.4. The fraction of sp³-hybridized carbons (Fsp3) is 0.444. The van der Waals surface area contributed by atoms with Gasteiger partial charge in [-0.1, -0.05) is 0 Å². The number of hydrogen-bond acceptors (Lipinski definition) is 7. The van der Waals surface area contributed by atoms with Crippen LogP contribution in [-0.2, 0) is 4.74 Å². The molecule has 0 saturated heterocycles. The number of imidazole rings is 1.